The molecule has 0 heterocycles. The molecule has 0 radical (unpaired) electrons. The lowest BCUT2D eigenvalue weighted by Crippen LogP contribution is -2.03. The average molecular weight is 282 g/mol. The molecule has 19 heavy (non-hydrogen) atoms. The van der Waals surface area contributed by atoms with Gasteiger partial charge in [0.15, 0.2) is 0 Å². The lowest BCUT2D eigenvalue weighted by atomic mass is 10.2. The van der Waals surface area contributed by atoms with Crippen molar-refractivity contribution in [3.05, 3.63) is 54.1 Å². The molecule has 2 nitrogen and oxygen atoms in total. The van der Waals surface area contributed by atoms with Gasteiger partial charge in [-0.15, -0.1) is 11.8 Å². The molecule has 0 aliphatic rings. The molecule has 100 valence electrons. The van der Waals surface area contributed by atoms with Gasteiger partial charge in [0.25, 0.3) is 0 Å². The summed E-state index contributed by atoms with van der Waals surface area (Å²) in [6.07, 6.45) is 0. The lowest BCUT2D eigenvalue weighted by molar-refractivity contribution is -0.0503. The van der Waals surface area contributed by atoms with E-state index in [0.717, 1.165) is 4.90 Å². The third-order valence-corrected chi connectivity index (χ3v) is 3.44. The number of halogens is 2. The summed E-state index contributed by atoms with van der Waals surface area (Å²) in [5, 5.41) is 9.35. The van der Waals surface area contributed by atoms with Crippen LogP contribution >= 0.6 is 11.8 Å². The van der Waals surface area contributed by atoms with E-state index in [2.05, 4.69) is 4.74 Å². The molecule has 0 spiro atoms. The van der Waals surface area contributed by atoms with Crippen LogP contribution in [0.15, 0.2) is 53.4 Å². The molecule has 2 aromatic rings. The first kappa shape index (κ1) is 13.7. The highest BCUT2D eigenvalue weighted by atomic mass is 32.2. The number of thioether (sulfide) groups is 1. The molecule has 1 N–H and O–H groups in total. The van der Waals surface area contributed by atoms with Crippen molar-refractivity contribution in [3.8, 4) is 11.5 Å². The second-order valence-electron chi connectivity index (χ2n) is 3.77. The number of para-hydroxylation sites is 1. The smallest absolute Gasteiger partial charge is 0.387 e. The highest BCUT2D eigenvalue weighted by Gasteiger charge is 2.09. The Morgan fingerprint density at radius 3 is 2.63 bits per heavy atom. The Bertz CT molecular complexity index is 546. The average Bonchev–Trinajstić information content (AvgIpc) is 2.37. The zero-order chi connectivity index (χ0) is 13.7. The number of aromatic hydroxyl groups is 1. The van der Waals surface area contributed by atoms with Crippen molar-refractivity contribution in [2.24, 2.45) is 0 Å². The van der Waals surface area contributed by atoms with Gasteiger partial charge in [-0.05, 0) is 24.3 Å². The van der Waals surface area contributed by atoms with Crippen LogP contribution in [0.1, 0.15) is 5.56 Å². The summed E-state index contributed by atoms with van der Waals surface area (Å²) in [6.45, 7) is -2.83. The third-order valence-electron chi connectivity index (χ3n) is 2.40. The van der Waals surface area contributed by atoms with Crippen LogP contribution in [0.5, 0.6) is 11.5 Å². The predicted molar refractivity (Wildman–Crippen MR) is 70.7 cm³/mol. The Kier molecular flexibility index (Phi) is 4.63. The van der Waals surface area contributed by atoms with Gasteiger partial charge in [-0.1, -0.05) is 24.3 Å². The first-order valence-corrected chi connectivity index (χ1v) is 6.58. The standard InChI is InChI=1S/C14H12F2O2S/c15-14(16)18-13-7-2-1-4-10(13)9-19-12-6-3-5-11(17)8-12/h1-8,14,17H,9H2. The molecule has 0 amide bonds. The largest absolute Gasteiger partial charge is 0.508 e. The number of ether oxygens (including phenoxy) is 1. The quantitative estimate of drug-likeness (QED) is 0.830. The monoisotopic (exact) mass is 282 g/mol. The van der Waals surface area contributed by atoms with Crippen molar-refractivity contribution < 1.29 is 18.6 Å². The van der Waals surface area contributed by atoms with Gasteiger partial charge in [0.05, 0.1) is 0 Å². The van der Waals surface area contributed by atoms with Gasteiger partial charge in [0, 0.05) is 16.2 Å². The molecule has 0 fully saturated rings. The van der Waals surface area contributed by atoms with Crippen LogP contribution in [0.3, 0.4) is 0 Å². The zero-order valence-electron chi connectivity index (χ0n) is 9.92. The van der Waals surface area contributed by atoms with Crippen molar-refractivity contribution in [3.63, 3.8) is 0 Å². The van der Waals surface area contributed by atoms with Crippen molar-refractivity contribution in [2.45, 2.75) is 17.3 Å². The summed E-state index contributed by atoms with van der Waals surface area (Å²) >= 11 is 1.44. The first-order chi connectivity index (χ1) is 9.15. The molecule has 0 unspecified atom stereocenters. The summed E-state index contributed by atoms with van der Waals surface area (Å²) < 4.78 is 29.0. The van der Waals surface area contributed by atoms with Crippen LogP contribution in [0.25, 0.3) is 0 Å². The highest BCUT2D eigenvalue weighted by molar-refractivity contribution is 7.98. The molecule has 0 aliphatic carbocycles. The number of phenolic OH excluding ortho intramolecular Hbond substituents is 1. The summed E-state index contributed by atoms with van der Waals surface area (Å²) in [4.78, 5) is 0.867. The summed E-state index contributed by atoms with van der Waals surface area (Å²) in [6, 6.07) is 13.5. The third kappa shape index (κ3) is 4.13. The molecular weight excluding hydrogens is 270 g/mol. The van der Waals surface area contributed by atoms with E-state index in [1.165, 1.54) is 17.8 Å². The fourth-order valence-corrected chi connectivity index (χ4v) is 2.51. The molecule has 0 bridgehead atoms. The Hall–Kier alpha value is -1.75. The highest BCUT2D eigenvalue weighted by Crippen LogP contribution is 2.30. The van der Waals surface area contributed by atoms with Gasteiger partial charge in [0.2, 0.25) is 0 Å². The van der Waals surface area contributed by atoms with E-state index in [9.17, 15) is 13.9 Å². The number of hydrogen-bond donors (Lipinski definition) is 1. The number of phenols is 1. The molecule has 0 aliphatic heterocycles. The first-order valence-electron chi connectivity index (χ1n) is 5.59. The molecule has 0 saturated heterocycles. The van der Waals surface area contributed by atoms with Crippen molar-refractivity contribution in [1.29, 1.82) is 0 Å². The minimum absolute atomic E-state index is 0.183. The van der Waals surface area contributed by atoms with Crippen molar-refractivity contribution >= 4 is 11.8 Å². The normalized spacial score (nSPS) is 10.7. The summed E-state index contributed by atoms with van der Waals surface area (Å²) in [5.41, 5.74) is 0.691. The summed E-state index contributed by atoms with van der Waals surface area (Å²) in [7, 11) is 0. The number of hydrogen-bond acceptors (Lipinski definition) is 3. The Balaban J connectivity index is 2.07. The van der Waals surface area contributed by atoms with Crippen molar-refractivity contribution in [1.82, 2.24) is 0 Å². The van der Waals surface area contributed by atoms with E-state index in [4.69, 9.17) is 0 Å². The Labute approximate surface area is 114 Å². The van der Waals surface area contributed by atoms with Gasteiger partial charge >= 0.3 is 6.61 Å². The minimum Gasteiger partial charge on any atom is -0.508 e. The van der Waals surface area contributed by atoms with Crippen molar-refractivity contribution in [2.75, 3.05) is 0 Å². The number of alkyl halides is 2. The van der Waals surface area contributed by atoms with Gasteiger partial charge in [-0.25, -0.2) is 0 Å². The molecule has 0 atom stereocenters. The van der Waals surface area contributed by atoms with E-state index in [1.807, 2.05) is 6.07 Å². The lowest BCUT2D eigenvalue weighted by Gasteiger charge is -2.10. The molecule has 0 saturated carbocycles. The number of rotatable bonds is 5. The fraction of sp³-hybridized carbons (Fsp3) is 0.143. The summed E-state index contributed by atoms with van der Waals surface area (Å²) in [5.74, 6) is 0.860. The van der Waals surface area contributed by atoms with Gasteiger partial charge in [-0.2, -0.15) is 8.78 Å². The van der Waals surface area contributed by atoms with E-state index < -0.39 is 6.61 Å². The molecule has 2 aromatic carbocycles. The SMILES string of the molecule is Oc1cccc(SCc2ccccc2OC(F)F)c1. The van der Waals surface area contributed by atoms with Gasteiger partial charge in [0.1, 0.15) is 11.5 Å². The van der Waals surface area contributed by atoms with Gasteiger partial charge in [-0.3, -0.25) is 0 Å². The zero-order valence-corrected chi connectivity index (χ0v) is 10.7. The second-order valence-corrected chi connectivity index (χ2v) is 4.82. The van der Waals surface area contributed by atoms with Crippen LogP contribution in [-0.4, -0.2) is 11.7 Å². The van der Waals surface area contributed by atoms with Crippen LogP contribution in [0.4, 0.5) is 8.78 Å². The van der Waals surface area contributed by atoms with Crippen LogP contribution in [0.2, 0.25) is 0 Å². The molecule has 2 rings (SSSR count). The van der Waals surface area contributed by atoms with Crippen LogP contribution in [-0.2, 0) is 5.75 Å². The van der Waals surface area contributed by atoms with E-state index in [-0.39, 0.29) is 11.5 Å². The number of benzene rings is 2. The predicted octanol–water partition coefficient (Wildman–Crippen LogP) is 4.29. The van der Waals surface area contributed by atoms with E-state index in [1.54, 1.807) is 36.4 Å². The van der Waals surface area contributed by atoms with E-state index >= 15 is 0 Å². The Morgan fingerprint density at radius 2 is 1.89 bits per heavy atom. The van der Waals surface area contributed by atoms with Gasteiger partial charge < -0.3 is 9.84 Å². The van der Waals surface area contributed by atoms with Crippen LogP contribution in [0, 0.1) is 0 Å². The topological polar surface area (TPSA) is 29.5 Å². The maximum atomic E-state index is 12.3. The maximum Gasteiger partial charge on any atom is 0.387 e. The van der Waals surface area contributed by atoms with E-state index in [0.29, 0.717) is 11.3 Å². The van der Waals surface area contributed by atoms with Crippen LogP contribution < -0.4 is 4.74 Å². The molecule has 5 heteroatoms. The fourth-order valence-electron chi connectivity index (χ4n) is 1.57. The molecule has 0 aromatic heterocycles. The Morgan fingerprint density at radius 1 is 1.11 bits per heavy atom. The molecular formula is C14H12F2O2S. The second kappa shape index (κ2) is 6.43. The maximum absolute atomic E-state index is 12.3. The minimum atomic E-state index is -2.83.